The van der Waals surface area contributed by atoms with Gasteiger partial charge in [0.15, 0.2) is 0 Å². The summed E-state index contributed by atoms with van der Waals surface area (Å²) in [6.07, 6.45) is 0.941. The molecule has 2 atom stereocenters. The Hall–Kier alpha value is -1.22. The van der Waals surface area contributed by atoms with Crippen LogP contribution >= 0.6 is 0 Å². The van der Waals surface area contributed by atoms with Gasteiger partial charge in [-0.15, -0.1) is 0 Å². The van der Waals surface area contributed by atoms with Crippen LogP contribution in [0.4, 0.5) is 0 Å². The molecule has 0 fully saturated rings. The fourth-order valence-corrected chi connectivity index (χ4v) is 1.37. The fraction of sp³-hybridized carbons (Fsp3) is 0.455. The molecule has 14 heavy (non-hydrogen) atoms. The quantitative estimate of drug-likeness (QED) is 0.647. The third-order valence-electron chi connectivity index (χ3n) is 2.63. The molecule has 2 unspecified atom stereocenters. The highest BCUT2D eigenvalue weighted by atomic mass is 16.3. The Kier molecular flexibility index (Phi) is 3.36. The van der Waals surface area contributed by atoms with Crippen molar-refractivity contribution in [1.29, 1.82) is 0 Å². The second-order valence-electron chi connectivity index (χ2n) is 3.65. The first-order chi connectivity index (χ1) is 6.56. The van der Waals surface area contributed by atoms with Gasteiger partial charge in [0.1, 0.15) is 11.5 Å². The van der Waals surface area contributed by atoms with Crippen LogP contribution in [0.2, 0.25) is 0 Å². The van der Waals surface area contributed by atoms with Crippen molar-refractivity contribution in [1.82, 2.24) is 0 Å². The molecule has 4 N–H and O–H groups in total. The van der Waals surface area contributed by atoms with Crippen molar-refractivity contribution in [2.75, 3.05) is 0 Å². The van der Waals surface area contributed by atoms with E-state index in [2.05, 4.69) is 0 Å². The molecule has 0 aliphatic heterocycles. The molecule has 0 aliphatic rings. The summed E-state index contributed by atoms with van der Waals surface area (Å²) in [7, 11) is 0. The Morgan fingerprint density at radius 2 is 2.00 bits per heavy atom. The van der Waals surface area contributed by atoms with Crippen LogP contribution in [-0.4, -0.2) is 10.2 Å². The maximum Gasteiger partial charge on any atom is 0.120 e. The molecule has 0 aromatic heterocycles. The Balaban J connectivity index is 2.99. The standard InChI is InChI=1S/C11H17NO2/c1-3-7(2)11(12)9-6-8(13)4-5-10(9)14/h4-7,11,13-14H,3,12H2,1-2H3. The van der Waals surface area contributed by atoms with Crippen molar-refractivity contribution in [2.45, 2.75) is 26.3 Å². The van der Waals surface area contributed by atoms with Gasteiger partial charge in [-0.25, -0.2) is 0 Å². The number of aromatic hydroxyl groups is 2. The number of nitrogens with two attached hydrogens (primary N) is 1. The van der Waals surface area contributed by atoms with Gasteiger partial charge < -0.3 is 15.9 Å². The van der Waals surface area contributed by atoms with Gasteiger partial charge in [-0.05, 0) is 24.1 Å². The van der Waals surface area contributed by atoms with E-state index < -0.39 is 0 Å². The topological polar surface area (TPSA) is 66.5 Å². The fourth-order valence-electron chi connectivity index (χ4n) is 1.37. The van der Waals surface area contributed by atoms with E-state index in [-0.39, 0.29) is 23.5 Å². The highest BCUT2D eigenvalue weighted by Gasteiger charge is 2.16. The first-order valence-electron chi connectivity index (χ1n) is 4.83. The predicted molar refractivity (Wildman–Crippen MR) is 56.2 cm³/mol. The molecular weight excluding hydrogens is 178 g/mol. The summed E-state index contributed by atoms with van der Waals surface area (Å²) in [4.78, 5) is 0. The monoisotopic (exact) mass is 195 g/mol. The number of phenolic OH excluding ortho intramolecular Hbond substituents is 2. The zero-order chi connectivity index (χ0) is 10.7. The van der Waals surface area contributed by atoms with Crippen LogP contribution in [0.1, 0.15) is 31.9 Å². The molecule has 78 valence electrons. The minimum atomic E-state index is -0.230. The van der Waals surface area contributed by atoms with Crippen molar-refractivity contribution in [3.05, 3.63) is 23.8 Å². The van der Waals surface area contributed by atoms with E-state index in [0.29, 0.717) is 5.56 Å². The number of hydrogen-bond acceptors (Lipinski definition) is 3. The average molecular weight is 195 g/mol. The molecule has 0 amide bonds. The number of hydrogen-bond donors (Lipinski definition) is 3. The molecule has 1 rings (SSSR count). The lowest BCUT2D eigenvalue weighted by Crippen LogP contribution is -2.18. The van der Waals surface area contributed by atoms with E-state index >= 15 is 0 Å². The van der Waals surface area contributed by atoms with Crippen LogP contribution in [0.25, 0.3) is 0 Å². The van der Waals surface area contributed by atoms with Crippen molar-refractivity contribution in [3.63, 3.8) is 0 Å². The number of rotatable bonds is 3. The van der Waals surface area contributed by atoms with Crippen LogP contribution < -0.4 is 5.73 Å². The summed E-state index contributed by atoms with van der Waals surface area (Å²) in [6, 6.07) is 4.20. The summed E-state index contributed by atoms with van der Waals surface area (Å²) in [5, 5.41) is 18.8. The van der Waals surface area contributed by atoms with E-state index in [4.69, 9.17) is 5.73 Å². The highest BCUT2D eigenvalue weighted by Crippen LogP contribution is 2.31. The molecular formula is C11H17NO2. The van der Waals surface area contributed by atoms with Crippen LogP contribution in [0.3, 0.4) is 0 Å². The van der Waals surface area contributed by atoms with Gasteiger partial charge >= 0.3 is 0 Å². The molecule has 1 aromatic rings. The van der Waals surface area contributed by atoms with Gasteiger partial charge in [-0.1, -0.05) is 20.3 Å². The SMILES string of the molecule is CCC(C)C(N)c1cc(O)ccc1O. The lowest BCUT2D eigenvalue weighted by Gasteiger charge is -2.19. The van der Waals surface area contributed by atoms with E-state index in [1.54, 1.807) is 0 Å². The minimum absolute atomic E-state index is 0.136. The van der Waals surface area contributed by atoms with Crippen LogP contribution in [-0.2, 0) is 0 Å². The van der Waals surface area contributed by atoms with Crippen molar-refractivity contribution >= 4 is 0 Å². The smallest absolute Gasteiger partial charge is 0.120 e. The molecule has 3 nitrogen and oxygen atoms in total. The van der Waals surface area contributed by atoms with Gasteiger partial charge in [0.05, 0.1) is 0 Å². The first-order valence-corrected chi connectivity index (χ1v) is 4.83. The molecule has 0 radical (unpaired) electrons. The molecule has 0 aliphatic carbocycles. The van der Waals surface area contributed by atoms with E-state index in [1.807, 2.05) is 13.8 Å². The summed E-state index contributed by atoms with van der Waals surface area (Å²) in [5.41, 5.74) is 6.56. The third-order valence-corrected chi connectivity index (χ3v) is 2.63. The van der Waals surface area contributed by atoms with Gasteiger partial charge in [-0.2, -0.15) is 0 Å². The van der Waals surface area contributed by atoms with Gasteiger partial charge in [0.2, 0.25) is 0 Å². The normalized spacial score (nSPS) is 15.1. The van der Waals surface area contributed by atoms with Crippen LogP contribution in [0.15, 0.2) is 18.2 Å². The van der Waals surface area contributed by atoms with Crippen molar-refractivity contribution < 1.29 is 10.2 Å². The zero-order valence-electron chi connectivity index (χ0n) is 8.57. The largest absolute Gasteiger partial charge is 0.508 e. The van der Waals surface area contributed by atoms with Gasteiger partial charge in [-0.3, -0.25) is 0 Å². The molecule has 0 saturated heterocycles. The number of benzene rings is 1. The first kappa shape index (κ1) is 10.9. The molecule has 0 spiro atoms. The summed E-state index contributed by atoms with van der Waals surface area (Å²) in [6.45, 7) is 4.07. The van der Waals surface area contributed by atoms with E-state index in [9.17, 15) is 10.2 Å². The lowest BCUT2D eigenvalue weighted by atomic mass is 9.92. The number of phenols is 2. The predicted octanol–water partition coefficient (Wildman–Crippen LogP) is 2.14. The molecule has 3 heteroatoms. The second kappa shape index (κ2) is 4.33. The van der Waals surface area contributed by atoms with Crippen LogP contribution in [0.5, 0.6) is 11.5 Å². The Labute approximate surface area is 84.2 Å². The highest BCUT2D eigenvalue weighted by molar-refractivity contribution is 5.40. The molecule has 0 bridgehead atoms. The summed E-state index contributed by atoms with van der Waals surface area (Å²) < 4.78 is 0. The zero-order valence-corrected chi connectivity index (χ0v) is 8.57. The van der Waals surface area contributed by atoms with E-state index in [0.717, 1.165) is 6.42 Å². The van der Waals surface area contributed by atoms with Gasteiger partial charge in [0.25, 0.3) is 0 Å². The second-order valence-corrected chi connectivity index (χ2v) is 3.65. The Morgan fingerprint density at radius 3 is 2.57 bits per heavy atom. The maximum atomic E-state index is 9.56. The molecule has 0 saturated carbocycles. The van der Waals surface area contributed by atoms with E-state index in [1.165, 1.54) is 18.2 Å². The minimum Gasteiger partial charge on any atom is -0.508 e. The average Bonchev–Trinajstić information content (AvgIpc) is 2.19. The van der Waals surface area contributed by atoms with Gasteiger partial charge in [0, 0.05) is 11.6 Å². The Morgan fingerprint density at radius 1 is 1.36 bits per heavy atom. The summed E-state index contributed by atoms with van der Waals surface area (Å²) >= 11 is 0. The summed E-state index contributed by atoms with van der Waals surface area (Å²) in [5.74, 6) is 0.565. The van der Waals surface area contributed by atoms with Crippen LogP contribution in [0, 0.1) is 5.92 Å². The van der Waals surface area contributed by atoms with Crippen molar-refractivity contribution in [3.8, 4) is 11.5 Å². The lowest BCUT2D eigenvalue weighted by molar-refractivity contribution is 0.413. The maximum absolute atomic E-state index is 9.56. The van der Waals surface area contributed by atoms with Crippen molar-refractivity contribution in [2.24, 2.45) is 11.7 Å². The third kappa shape index (κ3) is 2.17. The molecule has 0 heterocycles. The Bertz CT molecular complexity index is 312. The molecule has 1 aromatic carbocycles.